The largest absolute Gasteiger partial charge is 0.494 e. The first kappa shape index (κ1) is 24.0. The summed E-state index contributed by atoms with van der Waals surface area (Å²) in [5.41, 5.74) is 1.21. The van der Waals surface area contributed by atoms with E-state index in [9.17, 15) is 13.2 Å². The van der Waals surface area contributed by atoms with Gasteiger partial charge in [0.1, 0.15) is 5.75 Å². The molecule has 2 aromatic carbocycles. The van der Waals surface area contributed by atoms with Gasteiger partial charge in [0.25, 0.3) is 0 Å². The molecular formula is C22H27N3O5S2. The number of carbonyl (C=O) groups excluding carboxylic acids is 1. The van der Waals surface area contributed by atoms with E-state index in [2.05, 4.69) is 5.32 Å². The van der Waals surface area contributed by atoms with Crippen molar-refractivity contribution in [1.82, 2.24) is 9.21 Å². The Bertz CT molecular complexity index is 1030. The molecule has 0 aromatic heterocycles. The number of hydrogen-bond acceptors (Lipinski definition) is 6. The van der Waals surface area contributed by atoms with E-state index in [0.29, 0.717) is 55.8 Å². The molecule has 3 rings (SSSR count). The lowest BCUT2D eigenvalue weighted by Crippen LogP contribution is -2.51. The Hall–Kier alpha value is -2.69. The predicted molar refractivity (Wildman–Crippen MR) is 127 cm³/mol. The van der Waals surface area contributed by atoms with Crippen LogP contribution in [0.2, 0.25) is 0 Å². The van der Waals surface area contributed by atoms with Crippen LogP contribution in [0.25, 0.3) is 0 Å². The zero-order valence-electron chi connectivity index (χ0n) is 18.1. The van der Waals surface area contributed by atoms with Crippen molar-refractivity contribution in [2.75, 3.05) is 44.7 Å². The maximum atomic E-state index is 12.9. The van der Waals surface area contributed by atoms with Crippen LogP contribution in [0, 0.1) is 0 Å². The van der Waals surface area contributed by atoms with Crippen molar-refractivity contribution in [2.45, 2.75) is 18.7 Å². The fourth-order valence-corrected chi connectivity index (χ4v) is 4.98. The summed E-state index contributed by atoms with van der Waals surface area (Å²) in [5, 5.41) is 3.64. The molecule has 2 aromatic rings. The number of hydrogen-bond donors (Lipinski definition) is 1. The highest BCUT2D eigenvalue weighted by atomic mass is 32.2. The van der Waals surface area contributed by atoms with E-state index in [1.165, 1.54) is 4.31 Å². The number of esters is 1. The zero-order valence-corrected chi connectivity index (χ0v) is 19.7. The molecule has 0 saturated carbocycles. The van der Waals surface area contributed by atoms with Gasteiger partial charge in [0.05, 0.1) is 23.7 Å². The van der Waals surface area contributed by atoms with Gasteiger partial charge in [-0.05, 0) is 74.6 Å². The number of ether oxygens (including phenoxy) is 2. The van der Waals surface area contributed by atoms with Gasteiger partial charge in [0.2, 0.25) is 10.0 Å². The Kier molecular flexibility index (Phi) is 8.05. The van der Waals surface area contributed by atoms with Crippen LogP contribution in [-0.4, -0.2) is 68.1 Å². The molecule has 0 bridgehead atoms. The van der Waals surface area contributed by atoms with Crippen molar-refractivity contribution >= 4 is 39.0 Å². The summed E-state index contributed by atoms with van der Waals surface area (Å²) in [5.74, 6) is 0.273. The number of thiocarbonyl (C=S) groups is 1. The van der Waals surface area contributed by atoms with Gasteiger partial charge in [0.15, 0.2) is 5.11 Å². The summed E-state index contributed by atoms with van der Waals surface area (Å²) < 4.78 is 37.7. The van der Waals surface area contributed by atoms with E-state index in [0.717, 1.165) is 5.69 Å². The molecule has 1 saturated heterocycles. The third-order valence-corrected chi connectivity index (χ3v) is 7.22. The highest BCUT2D eigenvalue weighted by Crippen LogP contribution is 2.21. The molecule has 172 valence electrons. The van der Waals surface area contributed by atoms with E-state index < -0.39 is 10.0 Å². The molecule has 1 N–H and O–H groups in total. The van der Waals surface area contributed by atoms with Crippen molar-refractivity contribution in [3.63, 3.8) is 0 Å². The molecule has 0 atom stereocenters. The molecule has 1 aliphatic heterocycles. The van der Waals surface area contributed by atoms with Gasteiger partial charge in [-0.3, -0.25) is 0 Å². The van der Waals surface area contributed by atoms with Gasteiger partial charge in [-0.1, -0.05) is 0 Å². The third-order valence-electron chi connectivity index (χ3n) is 4.95. The second-order valence-corrected chi connectivity index (χ2v) is 9.35. The fraction of sp³-hybridized carbons (Fsp3) is 0.364. The smallest absolute Gasteiger partial charge is 0.338 e. The van der Waals surface area contributed by atoms with Crippen LogP contribution >= 0.6 is 12.2 Å². The quantitative estimate of drug-likeness (QED) is 0.481. The van der Waals surface area contributed by atoms with Crippen molar-refractivity contribution in [3.05, 3.63) is 54.1 Å². The molecule has 0 radical (unpaired) electrons. The van der Waals surface area contributed by atoms with Crippen LogP contribution in [0.4, 0.5) is 5.69 Å². The van der Waals surface area contributed by atoms with E-state index in [1.54, 1.807) is 55.5 Å². The number of piperazine rings is 1. The molecule has 10 heteroatoms. The molecule has 1 heterocycles. The van der Waals surface area contributed by atoms with Crippen LogP contribution in [-0.2, 0) is 14.8 Å². The van der Waals surface area contributed by atoms with E-state index >= 15 is 0 Å². The van der Waals surface area contributed by atoms with E-state index in [4.69, 9.17) is 21.7 Å². The Morgan fingerprint density at radius 1 is 0.969 bits per heavy atom. The van der Waals surface area contributed by atoms with Gasteiger partial charge in [-0.25, -0.2) is 13.2 Å². The van der Waals surface area contributed by atoms with Crippen molar-refractivity contribution < 1.29 is 22.7 Å². The Morgan fingerprint density at radius 3 is 2.16 bits per heavy atom. The van der Waals surface area contributed by atoms with E-state index in [1.807, 2.05) is 11.8 Å². The number of sulfonamides is 1. The molecule has 1 aliphatic rings. The average molecular weight is 478 g/mol. The van der Waals surface area contributed by atoms with Gasteiger partial charge in [0, 0.05) is 31.9 Å². The minimum absolute atomic E-state index is 0.247. The lowest BCUT2D eigenvalue weighted by atomic mass is 10.2. The normalized spacial score (nSPS) is 14.6. The van der Waals surface area contributed by atoms with E-state index in [-0.39, 0.29) is 10.9 Å². The van der Waals surface area contributed by atoms with Crippen molar-refractivity contribution in [3.8, 4) is 5.75 Å². The predicted octanol–water partition coefficient (Wildman–Crippen LogP) is 2.97. The first-order chi connectivity index (χ1) is 15.3. The molecule has 0 spiro atoms. The minimum atomic E-state index is -3.58. The minimum Gasteiger partial charge on any atom is -0.494 e. The standard InChI is InChI=1S/C22H27N3O5S2/c1-3-29-19-9-11-20(12-10-19)32(27,28)25-15-13-24(14-16-25)22(31)23-18-7-5-17(6-8-18)21(26)30-4-2/h5-12H,3-4,13-16H2,1-2H3,(H,23,31). The van der Waals surface area contributed by atoms with Crippen LogP contribution < -0.4 is 10.1 Å². The van der Waals surface area contributed by atoms with Crippen LogP contribution in [0.3, 0.4) is 0 Å². The molecule has 0 amide bonds. The summed E-state index contributed by atoms with van der Waals surface area (Å²) in [6.45, 7) is 6.10. The molecule has 0 aliphatic carbocycles. The number of rotatable bonds is 7. The lowest BCUT2D eigenvalue weighted by Gasteiger charge is -2.35. The molecule has 32 heavy (non-hydrogen) atoms. The van der Waals surface area contributed by atoms with Gasteiger partial charge >= 0.3 is 5.97 Å². The SMILES string of the molecule is CCOC(=O)c1ccc(NC(=S)N2CCN(S(=O)(=O)c3ccc(OCC)cc3)CC2)cc1. The topological polar surface area (TPSA) is 88.2 Å². The summed E-state index contributed by atoms with van der Waals surface area (Å²) in [6, 6.07) is 13.3. The number of nitrogens with one attached hydrogen (secondary N) is 1. The maximum absolute atomic E-state index is 12.9. The first-order valence-corrected chi connectivity index (χ1v) is 12.3. The van der Waals surface area contributed by atoms with Gasteiger partial charge in [-0.2, -0.15) is 4.31 Å². The third kappa shape index (κ3) is 5.76. The summed E-state index contributed by atoms with van der Waals surface area (Å²) in [4.78, 5) is 13.9. The highest BCUT2D eigenvalue weighted by molar-refractivity contribution is 7.89. The molecule has 1 fully saturated rings. The van der Waals surface area contributed by atoms with Gasteiger partial charge < -0.3 is 19.7 Å². The van der Waals surface area contributed by atoms with Gasteiger partial charge in [-0.15, -0.1) is 0 Å². The number of anilines is 1. The first-order valence-electron chi connectivity index (χ1n) is 10.4. The summed E-state index contributed by atoms with van der Waals surface area (Å²) >= 11 is 5.49. The highest BCUT2D eigenvalue weighted by Gasteiger charge is 2.29. The second kappa shape index (κ2) is 10.8. The summed E-state index contributed by atoms with van der Waals surface area (Å²) in [7, 11) is -3.58. The van der Waals surface area contributed by atoms with Crippen LogP contribution in [0.1, 0.15) is 24.2 Å². The molecular weight excluding hydrogens is 450 g/mol. The maximum Gasteiger partial charge on any atom is 0.338 e. The van der Waals surface area contributed by atoms with Crippen molar-refractivity contribution in [2.24, 2.45) is 0 Å². The molecule has 0 unspecified atom stereocenters. The number of nitrogens with zero attached hydrogens (tertiary/aromatic N) is 2. The monoisotopic (exact) mass is 477 g/mol. The number of carbonyl (C=O) groups is 1. The average Bonchev–Trinajstić information content (AvgIpc) is 2.80. The lowest BCUT2D eigenvalue weighted by molar-refractivity contribution is 0.0526. The zero-order chi connectivity index (χ0) is 23.1. The Morgan fingerprint density at radius 2 is 1.59 bits per heavy atom. The van der Waals surface area contributed by atoms with Crippen molar-refractivity contribution in [1.29, 1.82) is 0 Å². The Labute approximate surface area is 194 Å². The van der Waals surface area contributed by atoms with Crippen LogP contribution in [0.15, 0.2) is 53.4 Å². The fourth-order valence-electron chi connectivity index (χ4n) is 3.26. The van der Waals surface area contributed by atoms with Crippen LogP contribution in [0.5, 0.6) is 5.75 Å². The molecule has 8 nitrogen and oxygen atoms in total. The second-order valence-electron chi connectivity index (χ2n) is 7.02. The summed E-state index contributed by atoms with van der Waals surface area (Å²) in [6.07, 6.45) is 0. The Balaban J connectivity index is 1.55. The number of benzene rings is 2.